The van der Waals surface area contributed by atoms with E-state index in [1.54, 1.807) is 0 Å². The van der Waals surface area contributed by atoms with Gasteiger partial charge in [0, 0.05) is 19.8 Å². The minimum atomic E-state index is -0.568. The van der Waals surface area contributed by atoms with E-state index in [-0.39, 0.29) is 5.97 Å². The minimum absolute atomic E-state index is 0.178. The summed E-state index contributed by atoms with van der Waals surface area (Å²) < 4.78 is 10.7. The van der Waals surface area contributed by atoms with Gasteiger partial charge in [-0.3, -0.25) is 4.79 Å². The van der Waals surface area contributed by atoms with Crippen molar-refractivity contribution in [2.24, 2.45) is 17.1 Å². The van der Waals surface area contributed by atoms with Gasteiger partial charge >= 0.3 is 5.97 Å². The fraction of sp³-hybridized carbons (Fsp3) is 0.929. The lowest BCUT2D eigenvalue weighted by Gasteiger charge is -2.29. The molecule has 0 aromatic carbocycles. The maximum Gasteiger partial charge on any atom is 0.313 e. The van der Waals surface area contributed by atoms with Gasteiger partial charge in [0.15, 0.2) is 0 Å². The Hall–Kier alpha value is -0.610. The predicted octanol–water partition coefficient (Wildman–Crippen LogP) is 2.36. The normalized spacial score (nSPS) is 14.6. The average molecular weight is 259 g/mol. The molecule has 0 saturated heterocycles. The first-order valence-electron chi connectivity index (χ1n) is 6.97. The first kappa shape index (κ1) is 17.4. The van der Waals surface area contributed by atoms with Gasteiger partial charge in [-0.15, -0.1) is 0 Å². The van der Waals surface area contributed by atoms with Crippen LogP contribution in [-0.2, 0) is 14.3 Å². The van der Waals surface area contributed by atoms with Crippen molar-refractivity contribution < 1.29 is 14.3 Å². The number of rotatable bonds is 10. The van der Waals surface area contributed by atoms with Crippen molar-refractivity contribution in [2.75, 3.05) is 26.4 Å². The largest absolute Gasteiger partial charge is 0.466 e. The molecular weight excluding hydrogens is 230 g/mol. The van der Waals surface area contributed by atoms with Crippen LogP contribution in [0.2, 0.25) is 0 Å². The van der Waals surface area contributed by atoms with E-state index in [4.69, 9.17) is 15.2 Å². The van der Waals surface area contributed by atoms with Crippen LogP contribution in [0.3, 0.4) is 0 Å². The molecule has 0 aliphatic heterocycles. The molecule has 4 heteroatoms. The highest BCUT2D eigenvalue weighted by Crippen LogP contribution is 2.29. The summed E-state index contributed by atoms with van der Waals surface area (Å²) in [4.78, 5) is 12.1. The molecule has 0 heterocycles. The molecule has 0 aromatic rings. The molecule has 1 atom stereocenters. The van der Waals surface area contributed by atoms with Gasteiger partial charge in [0.2, 0.25) is 0 Å². The predicted molar refractivity (Wildman–Crippen MR) is 73.3 cm³/mol. The summed E-state index contributed by atoms with van der Waals surface area (Å²) in [6, 6.07) is 0. The highest BCUT2D eigenvalue weighted by atomic mass is 16.5. The summed E-state index contributed by atoms with van der Waals surface area (Å²) in [7, 11) is 0. The number of esters is 1. The molecule has 108 valence electrons. The van der Waals surface area contributed by atoms with Gasteiger partial charge < -0.3 is 15.2 Å². The standard InChI is InChI=1S/C14H29NO3/c1-5-7-14(11-15,13(16)18-6-2)8-9-17-10-12(3)4/h12H,5-11,15H2,1-4H3. The van der Waals surface area contributed by atoms with Crippen molar-refractivity contribution in [3.63, 3.8) is 0 Å². The second kappa shape index (κ2) is 9.34. The molecule has 0 bridgehead atoms. The fourth-order valence-electron chi connectivity index (χ4n) is 1.97. The fourth-order valence-corrected chi connectivity index (χ4v) is 1.97. The van der Waals surface area contributed by atoms with Gasteiger partial charge in [0.05, 0.1) is 12.0 Å². The molecule has 0 spiro atoms. The number of hydrogen-bond acceptors (Lipinski definition) is 4. The van der Waals surface area contributed by atoms with E-state index in [0.29, 0.717) is 32.1 Å². The molecule has 2 N–H and O–H groups in total. The maximum absolute atomic E-state index is 12.1. The smallest absolute Gasteiger partial charge is 0.313 e. The summed E-state index contributed by atoms with van der Waals surface area (Å²) in [6.07, 6.45) is 2.32. The average Bonchev–Trinajstić information content (AvgIpc) is 2.33. The SMILES string of the molecule is CCCC(CN)(CCOCC(C)C)C(=O)OCC. The van der Waals surface area contributed by atoms with Crippen molar-refractivity contribution in [1.29, 1.82) is 0 Å². The Morgan fingerprint density at radius 1 is 1.28 bits per heavy atom. The van der Waals surface area contributed by atoms with Crippen molar-refractivity contribution >= 4 is 5.97 Å². The van der Waals surface area contributed by atoms with Crippen molar-refractivity contribution in [1.82, 2.24) is 0 Å². The van der Waals surface area contributed by atoms with Crippen LogP contribution in [0.5, 0.6) is 0 Å². The number of carbonyl (C=O) groups excluding carboxylic acids is 1. The highest BCUT2D eigenvalue weighted by Gasteiger charge is 2.37. The van der Waals surface area contributed by atoms with Crippen LogP contribution in [0.4, 0.5) is 0 Å². The topological polar surface area (TPSA) is 61.5 Å². The zero-order valence-electron chi connectivity index (χ0n) is 12.3. The number of ether oxygens (including phenoxy) is 2. The Morgan fingerprint density at radius 2 is 1.94 bits per heavy atom. The monoisotopic (exact) mass is 259 g/mol. The van der Waals surface area contributed by atoms with E-state index in [0.717, 1.165) is 19.4 Å². The quantitative estimate of drug-likeness (QED) is 0.483. The molecule has 0 aromatic heterocycles. The van der Waals surface area contributed by atoms with Crippen LogP contribution in [0.25, 0.3) is 0 Å². The minimum Gasteiger partial charge on any atom is -0.466 e. The summed E-state index contributed by atoms with van der Waals surface area (Å²) in [5.74, 6) is 0.327. The second-order valence-corrected chi connectivity index (χ2v) is 5.17. The Morgan fingerprint density at radius 3 is 2.39 bits per heavy atom. The van der Waals surface area contributed by atoms with Gasteiger partial charge in [-0.05, 0) is 25.7 Å². The van der Waals surface area contributed by atoms with Crippen LogP contribution >= 0.6 is 0 Å². The third-order valence-corrected chi connectivity index (χ3v) is 3.00. The highest BCUT2D eigenvalue weighted by molar-refractivity contribution is 5.77. The Labute approximate surface area is 111 Å². The summed E-state index contributed by atoms with van der Waals surface area (Å²) in [5.41, 5.74) is 5.24. The third-order valence-electron chi connectivity index (χ3n) is 3.00. The number of hydrogen-bond donors (Lipinski definition) is 1. The van der Waals surface area contributed by atoms with Crippen molar-refractivity contribution in [2.45, 2.75) is 47.0 Å². The van der Waals surface area contributed by atoms with Gasteiger partial charge in [0.25, 0.3) is 0 Å². The van der Waals surface area contributed by atoms with Crippen LogP contribution in [-0.4, -0.2) is 32.3 Å². The van der Waals surface area contributed by atoms with Crippen LogP contribution in [0, 0.1) is 11.3 Å². The molecule has 0 fully saturated rings. The summed E-state index contributed by atoms with van der Waals surface area (Å²) in [5, 5.41) is 0. The van der Waals surface area contributed by atoms with E-state index < -0.39 is 5.41 Å². The van der Waals surface area contributed by atoms with Gasteiger partial charge in [0.1, 0.15) is 0 Å². The molecule has 0 saturated carbocycles. The van der Waals surface area contributed by atoms with Crippen molar-refractivity contribution in [3.05, 3.63) is 0 Å². The number of nitrogens with two attached hydrogens (primary N) is 1. The molecule has 0 aliphatic carbocycles. The van der Waals surface area contributed by atoms with E-state index in [1.165, 1.54) is 0 Å². The molecule has 18 heavy (non-hydrogen) atoms. The zero-order chi connectivity index (χ0) is 14.0. The Bertz CT molecular complexity index is 231. The van der Waals surface area contributed by atoms with Crippen LogP contribution in [0.1, 0.15) is 47.0 Å². The lowest BCUT2D eigenvalue weighted by molar-refractivity contribution is -0.156. The summed E-state index contributed by atoms with van der Waals surface area (Å²) in [6.45, 7) is 10.1. The maximum atomic E-state index is 12.1. The molecule has 1 unspecified atom stereocenters. The first-order chi connectivity index (χ1) is 8.52. The van der Waals surface area contributed by atoms with Crippen LogP contribution in [0.15, 0.2) is 0 Å². The molecule has 0 aliphatic rings. The second-order valence-electron chi connectivity index (χ2n) is 5.17. The Balaban J connectivity index is 4.40. The molecular formula is C14H29NO3. The van der Waals surface area contributed by atoms with Gasteiger partial charge in [-0.1, -0.05) is 27.2 Å². The molecule has 4 nitrogen and oxygen atoms in total. The molecule has 0 amide bonds. The zero-order valence-corrected chi connectivity index (χ0v) is 12.3. The molecule has 0 radical (unpaired) electrons. The van der Waals surface area contributed by atoms with Crippen LogP contribution < -0.4 is 5.73 Å². The summed E-state index contributed by atoms with van der Waals surface area (Å²) >= 11 is 0. The van der Waals surface area contributed by atoms with E-state index in [1.807, 2.05) is 6.92 Å². The third kappa shape index (κ3) is 5.83. The first-order valence-corrected chi connectivity index (χ1v) is 6.97. The lowest BCUT2D eigenvalue weighted by atomic mass is 9.80. The molecule has 0 rings (SSSR count). The van der Waals surface area contributed by atoms with E-state index in [9.17, 15) is 4.79 Å². The lowest BCUT2D eigenvalue weighted by Crippen LogP contribution is -2.41. The van der Waals surface area contributed by atoms with Gasteiger partial charge in [-0.25, -0.2) is 0 Å². The van der Waals surface area contributed by atoms with Gasteiger partial charge in [-0.2, -0.15) is 0 Å². The number of carbonyl (C=O) groups is 1. The Kier molecular flexibility index (Phi) is 9.02. The van der Waals surface area contributed by atoms with E-state index >= 15 is 0 Å². The van der Waals surface area contributed by atoms with E-state index in [2.05, 4.69) is 20.8 Å². The van der Waals surface area contributed by atoms with Crippen molar-refractivity contribution in [3.8, 4) is 0 Å².